The van der Waals surface area contributed by atoms with Crippen LogP contribution in [0.3, 0.4) is 0 Å². The van der Waals surface area contributed by atoms with Crippen LogP contribution in [0.25, 0.3) is 0 Å². The highest BCUT2D eigenvalue weighted by Crippen LogP contribution is 2.12. The van der Waals surface area contributed by atoms with Crippen LogP contribution in [0, 0.1) is 0 Å². The number of amides is 2. The molecule has 0 heterocycles. The standard InChI is InChI=1S/C23H29N3O4/c1-16(23(29)30)25-21(27)20(15-18-12-8-5-9-13-18)26(3)22(28)19(24-2)14-17-10-6-4-7-11-17/h4-13,16,19-20,24H,14-15H2,1-3H3,(H,25,27)(H,29,30)/t16-,19-,20-/m0/s1. The first kappa shape index (κ1) is 23.1. The van der Waals surface area contributed by atoms with Gasteiger partial charge in [-0.25, -0.2) is 0 Å². The lowest BCUT2D eigenvalue weighted by molar-refractivity contribution is -0.144. The Morgan fingerprint density at radius 1 is 0.933 bits per heavy atom. The van der Waals surface area contributed by atoms with E-state index in [4.69, 9.17) is 5.11 Å². The number of rotatable bonds is 10. The number of carbonyl (C=O) groups is 3. The van der Waals surface area contributed by atoms with Crippen molar-refractivity contribution in [1.29, 1.82) is 0 Å². The SMILES string of the molecule is CN[C@@H](Cc1ccccc1)C(=O)N(C)[C@@H](Cc1ccccc1)C(=O)N[C@@H](C)C(=O)O. The van der Waals surface area contributed by atoms with Crippen LogP contribution >= 0.6 is 0 Å². The Morgan fingerprint density at radius 2 is 1.43 bits per heavy atom. The molecule has 0 aliphatic rings. The number of nitrogens with one attached hydrogen (secondary N) is 2. The molecule has 30 heavy (non-hydrogen) atoms. The highest BCUT2D eigenvalue weighted by molar-refractivity contribution is 5.92. The fourth-order valence-corrected chi connectivity index (χ4v) is 3.18. The third-order valence-electron chi connectivity index (χ3n) is 5.05. The van der Waals surface area contributed by atoms with Crippen molar-refractivity contribution >= 4 is 17.8 Å². The van der Waals surface area contributed by atoms with E-state index in [0.29, 0.717) is 6.42 Å². The largest absolute Gasteiger partial charge is 0.480 e. The van der Waals surface area contributed by atoms with Gasteiger partial charge in [-0.05, 0) is 31.5 Å². The molecule has 0 aliphatic heterocycles. The Morgan fingerprint density at radius 3 is 1.90 bits per heavy atom. The van der Waals surface area contributed by atoms with E-state index >= 15 is 0 Å². The molecule has 160 valence electrons. The fraction of sp³-hybridized carbons (Fsp3) is 0.348. The van der Waals surface area contributed by atoms with Crippen LogP contribution in [0.5, 0.6) is 0 Å². The zero-order chi connectivity index (χ0) is 22.1. The Balaban J connectivity index is 2.22. The van der Waals surface area contributed by atoms with Crippen molar-refractivity contribution in [2.75, 3.05) is 14.1 Å². The molecule has 2 rings (SSSR count). The van der Waals surface area contributed by atoms with Crippen LogP contribution in [-0.2, 0) is 27.2 Å². The summed E-state index contributed by atoms with van der Waals surface area (Å²) in [6.07, 6.45) is 0.759. The van der Waals surface area contributed by atoms with Crippen molar-refractivity contribution in [3.05, 3.63) is 71.8 Å². The average Bonchev–Trinajstić information content (AvgIpc) is 2.76. The molecule has 2 amide bonds. The highest BCUT2D eigenvalue weighted by Gasteiger charge is 2.32. The number of carboxylic acid groups (broad SMARTS) is 1. The normalized spacial score (nSPS) is 13.7. The molecular formula is C23H29N3O4. The topological polar surface area (TPSA) is 98.7 Å². The smallest absolute Gasteiger partial charge is 0.325 e. The summed E-state index contributed by atoms with van der Waals surface area (Å²) in [5.74, 6) is -1.87. The number of carbonyl (C=O) groups excluding carboxylic acids is 2. The van der Waals surface area contributed by atoms with Crippen LogP contribution in [-0.4, -0.2) is 60.0 Å². The van der Waals surface area contributed by atoms with Gasteiger partial charge in [0.05, 0.1) is 6.04 Å². The average molecular weight is 412 g/mol. The van der Waals surface area contributed by atoms with Gasteiger partial charge in [0.1, 0.15) is 12.1 Å². The van der Waals surface area contributed by atoms with Crippen LogP contribution in [0.1, 0.15) is 18.1 Å². The summed E-state index contributed by atoms with van der Waals surface area (Å²) in [5.41, 5.74) is 1.88. The maximum Gasteiger partial charge on any atom is 0.325 e. The maximum atomic E-state index is 13.2. The van der Waals surface area contributed by atoms with Crippen LogP contribution in [0.2, 0.25) is 0 Å². The number of hydrogen-bond acceptors (Lipinski definition) is 4. The highest BCUT2D eigenvalue weighted by atomic mass is 16.4. The van der Waals surface area contributed by atoms with Crippen LogP contribution < -0.4 is 10.6 Å². The molecule has 0 spiro atoms. The molecule has 0 fully saturated rings. The molecule has 0 radical (unpaired) electrons. The van der Waals surface area contributed by atoms with Gasteiger partial charge < -0.3 is 20.6 Å². The molecule has 3 atom stereocenters. The monoisotopic (exact) mass is 411 g/mol. The second-order valence-corrected chi connectivity index (χ2v) is 7.25. The Labute approximate surface area is 177 Å². The maximum absolute atomic E-state index is 13.2. The lowest BCUT2D eigenvalue weighted by Crippen LogP contribution is -2.56. The lowest BCUT2D eigenvalue weighted by Gasteiger charge is -2.31. The minimum atomic E-state index is -1.13. The molecule has 0 saturated carbocycles. The molecule has 2 aromatic carbocycles. The molecule has 0 saturated heterocycles. The summed E-state index contributed by atoms with van der Waals surface area (Å²) in [6.45, 7) is 1.40. The van der Waals surface area contributed by atoms with E-state index in [1.165, 1.54) is 11.8 Å². The number of hydrogen-bond donors (Lipinski definition) is 3. The second kappa shape index (κ2) is 11.1. The quantitative estimate of drug-likeness (QED) is 0.550. The number of likely N-dealkylation sites (N-methyl/N-ethyl adjacent to an activating group) is 2. The van der Waals surface area contributed by atoms with Crippen LogP contribution in [0.15, 0.2) is 60.7 Å². The van der Waals surface area contributed by atoms with Crippen molar-refractivity contribution in [1.82, 2.24) is 15.5 Å². The molecule has 7 nitrogen and oxygen atoms in total. The van der Waals surface area contributed by atoms with E-state index < -0.39 is 30.0 Å². The summed E-state index contributed by atoms with van der Waals surface area (Å²) in [4.78, 5) is 38.7. The van der Waals surface area contributed by atoms with Gasteiger partial charge in [0, 0.05) is 13.5 Å². The Hall–Kier alpha value is -3.19. The van der Waals surface area contributed by atoms with E-state index in [-0.39, 0.29) is 12.3 Å². The summed E-state index contributed by atoms with van der Waals surface area (Å²) in [6, 6.07) is 16.6. The fourth-order valence-electron chi connectivity index (χ4n) is 3.18. The Kier molecular flexibility index (Phi) is 8.55. The van der Waals surface area contributed by atoms with Crippen molar-refractivity contribution in [2.24, 2.45) is 0 Å². The molecular weight excluding hydrogens is 382 g/mol. The third-order valence-corrected chi connectivity index (χ3v) is 5.05. The first-order chi connectivity index (χ1) is 14.3. The van der Waals surface area contributed by atoms with Crippen molar-refractivity contribution in [2.45, 2.75) is 37.9 Å². The number of carboxylic acids is 1. The molecule has 3 N–H and O–H groups in total. The van der Waals surface area contributed by atoms with Gasteiger partial charge in [-0.2, -0.15) is 0 Å². The van der Waals surface area contributed by atoms with Crippen molar-refractivity contribution in [3.8, 4) is 0 Å². The summed E-state index contributed by atoms with van der Waals surface area (Å²) < 4.78 is 0. The van der Waals surface area contributed by atoms with Gasteiger partial charge in [0.15, 0.2) is 0 Å². The second-order valence-electron chi connectivity index (χ2n) is 7.25. The van der Waals surface area contributed by atoms with Crippen molar-refractivity contribution < 1.29 is 19.5 Å². The molecule has 0 aliphatic carbocycles. The van der Waals surface area contributed by atoms with E-state index in [1.54, 1.807) is 14.1 Å². The van der Waals surface area contributed by atoms with Gasteiger partial charge in [0.2, 0.25) is 11.8 Å². The third kappa shape index (κ3) is 6.42. The number of nitrogens with zero attached hydrogens (tertiary/aromatic N) is 1. The molecule has 0 aromatic heterocycles. The van der Waals surface area contributed by atoms with Gasteiger partial charge in [-0.1, -0.05) is 60.7 Å². The van der Waals surface area contributed by atoms with Gasteiger partial charge in [-0.15, -0.1) is 0 Å². The zero-order valence-electron chi connectivity index (χ0n) is 17.5. The van der Waals surface area contributed by atoms with E-state index in [2.05, 4.69) is 10.6 Å². The van der Waals surface area contributed by atoms with E-state index in [0.717, 1.165) is 11.1 Å². The minimum absolute atomic E-state index is 0.236. The predicted octanol–water partition coefficient (Wildman–Crippen LogP) is 1.48. The predicted molar refractivity (Wildman–Crippen MR) is 115 cm³/mol. The van der Waals surface area contributed by atoms with Gasteiger partial charge in [0.25, 0.3) is 0 Å². The minimum Gasteiger partial charge on any atom is -0.480 e. The molecule has 0 bridgehead atoms. The molecule has 0 unspecified atom stereocenters. The van der Waals surface area contributed by atoms with Gasteiger partial charge >= 0.3 is 5.97 Å². The first-order valence-corrected chi connectivity index (χ1v) is 9.88. The summed E-state index contributed by atoms with van der Waals surface area (Å²) in [5, 5.41) is 14.7. The van der Waals surface area contributed by atoms with Gasteiger partial charge in [-0.3, -0.25) is 14.4 Å². The van der Waals surface area contributed by atoms with E-state index in [9.17, 15) is 14.4 Å². The molecule has 7 heteroatoms. The van der Waals surface area contributed by atoms with E-state index in [1.807, 2.05) is 60.7 Å². The lowest BCUT2D eigenvalue weighted by atomic mass is 10.0. The number of benzene rings is 2. The Bertz CT molecular complexity index is 842. The number of aliphatic carboxylic acids is 1. The summed E-state index contributed by atoms with van der Waals surface area (Å²) >= 11 is 0. The zero-order valence-corrected chi connectivity index (χ0v) is 17.5. The van der Waals surface area contributed by atoms with Crippen LogP contribution in [0.4, 0.5) is 0 Å². The van der Waals surface area contributed by atoms with Crippen molar-refractivity contribution in [3.63, 3.8) is 0 Å². The molecule has 2 aromatic rings. The first-order valence-electron chi connectivity index (χ1n) is 9.88. The summed E-state index contributed by atoms with van der Waals surface area (Å²) in [7, 11) is 3.29.